The molecule has 1 aliphatic rings. The number of pyridine rings is 1. The zero-order chi connectivity index (χ0) is 18.1. The van der Waals surface area contributed by atoms with Gasteiger partial charge in [-0.1, -0.05) is 19.1 Å². The molecule has 0 radical (unpaired) electrons. The first-order valence-corrected chi connectivity index (χ1v) is 9.02. The molecule has 132 valence electrons. The molecule has 4 rings (SSSR count). The largest absolute Gasteiger partial charge is 0.370 e. The molecule has 6 heteroatoms. The fourth-order valence-corrected chi connectivity index (χ4v) is 3.62. The van der Waals surface area contributed by atoms with Crippen molar-refractivity contribution in [2.75, 3.05) is 23.3 Å². The van der Waals surface area contributed by atoms with E-state index in [4.69, 9.17) is 0 Å². The summed E-state index contributed by atoms with van der Waals surface area (Å²) in [5.74, 6) is 1.21. The van der Waals surface area contributed by atoms with E-state index in [1.54, 1.807) is 6.07 Å². The highest BCUT2D eigenvalue weighted by atomic mass is 15.4. The Morgan fingerprint density at radius 3 is 2.96 bits per heavy atom. The number of para-hydroxylation sites is 1. The van der Waals surface area contributed by atoms with Crippen molar-refractivity contribution in [2.24, 2.45) is 5.92 Å². The number of rotatable bonds is 3. The normalized spacial score (nSPS) is 17.3. The quantitative estimate of drug-likeness (QED) is 0.779. The SMILES string of the molecule is Cc1cc2nc(Nc3ccccc3C#N)nn2cc1N1CCCC(C)C1. The highest BCUT2D eigenvalue weighted by Gasteiger charge is 2.19. The number of aromatic nitrogens is 3. The van der Waals surface area contributed by atoms with Crippen molar-refractivity contribution in [3.05, 3.63) is 47.7 Å². The molecule has 1 atom stereocenters. The second-order valence-corrected chi connectivity index (χ2v) is 7.06. The van der Waals surface area contributed by atoms with Crippen LogP contribution < -0.4 is 10.2 Å². The van der Waals surface area contributed by atoms with Gasteiger partial charge in [-0.05, 0) is 49.4 Å². The van der Waals surface area contributed by atoms with Crippen LogP contribution in [0.4, 0.5) is 17.3 Å². The van der Waals surface area contributed by atoms with Crippen LogP contribution in [0.2, 0.25) is 0 Å². The van der Waals surface area contributed by atoms with E-state index in [9.17, 15) is 5.26 Å². The maximum Gasteiger partial charge on any atom is 0.247 e. The van der Waals surface area contributed by atoms with Gasteiger partial charge in [-0.15, -0.1) is 5.10 Å². The van der Waals surface area contributed by atoms with Crippen molar-refractivity contribution in [3.63, 3.8) is 0 Å². The molecule has 0 saturated carbocycles. The molecule has 1 N–H and O–H groups in total. The van der Waals surface area contributed by atoms with Gasteiger partial charge in [-0.2, -0.15) is 10.2 Å². The average Bonchev–Trinajstić information content (AvgIpc) is 3.02. The zero-order valence-corrected chi connectivity index (χ0v) is 15.1. The lowest BCUT2D eigenvalue weighted by molar-refractivity contribution is 0.446. The number of anilines is 3. The number of hydrogen-bond donors (Lipinski definition) is 1. The lowest BCUT2D eigenvalue weighted by atomic mass is 9.99. The second-order valence-electron chi connectivity index (χ2n) is 7.06. The highest BCUT2D eigenvalue weighted by molar-refractivity contribution is 5.65. The Morgan fingerprint density at radius 2 is 2.15 bits per heavy atom. The molecule has 1 saturated heterocycles. The summed E-state index contributed by atoms with van der Waals surface area (Å²) in [6.07, 6.45) is 4.60. The minimum Gasteiger partial charge on any atom is -0.370 e. The third-order valence-electron chi connectivity index (χ3n) is 4.94. The van der Waals surface area contributed by atoms with Crippen molar-refractivity contribution in [1.82, 2.24) is 14.6 Å². The molecular formula is C20H22N6. The third-order valence-corrected chi connectivity index (χ3v) is 4.94. The second kappa shape index (κ2) is 6.68. The number of hydrogen-bond acceptors (Lipinski definition) is 5. The van der Waals surface area contributed by atoms with Gasteiger partial charge in [0.25, 0.3) is 0 Å². The minimum absolute atomic E-state index is 0.497. The zero-order valence-electron chi connectivity index (χ0n) is 15.1. The predicted molar refractivity (Wildman–Crippen MR) is 103 cm³/mol. The average molecular weight is 346 g/mol. The Hall–Kier alpha value is -3.07. The van der Waals surface area contributed by atoms with Gasteiger partial charge in [-0.25, -0.2) is 4.52 Å². The number of nitrogens with one attached hydrogen (secondary N) is 1. The van der Waals surface area contributed by atoms with E-state index < -0.39 is 0 Å². The number of piperidine rings is 1. The molecule has 0 aliphatic carbocycles. The van der Waals surface area contributed by atoms with E-state index in [1.807, 2.05) is 22.7 Å². The topological polar surface area (TPSA) is 69.2 Å². The smallest absolute Gasteiger partial charge is 0.247 e. The Balaban J connectivity index is 1.66. The van der Waals surface area contributed by atoms with Gasteiger partial charge in [-0.3, -0.25) is 0 Å². The van der Waals surface area contributed by atoms with Crippen molar-refractivity contribution >= 4 is 23.0 Å². The summed E-state index contributed by atoms with van der Waals surface area (Å²) in [6.45, 7) is 6.61. The summed E-state index contributed by atoms with van der Waals surface area (Å²) in [7, 11) is 0. The molecule has 0 spiro atoms. The van der Waals surface area contributed by atoms with E-state index in [1.165, 1.54) is 24.1 Å². The van der Waals surface area contributed by atoms with Crippen LogP contribution in [0.5, 0.6) is 0 Å². The van der Waals surface area contributed by atoms with Crippen LogP contribution in [0.15, 0.2) is 36.5 Å². The summed E-state index contributed by atoms with van der Waals surface area (Å²) in [6, 6.07) is 11.6. The maximum atomic E-state index is 9.23. The Labute approximate surface area is 153 Å². The third kappa shape index (κ3) is 3.08. The number of benzene rings is 1. The van der Waals surface area contributed by atoms with Crippen LogP contribution in [-0.2, 0) is 0 Å². The minimum atomic E-state index is 0.497. The van der Waals surface area contributed by atoms with Crippen molar-refractivity contribution in [1.29, 1.82) is 5.26 Å². The maximum absolute atomic E-state index is 9.23. The van der Waals surface area contributed by atoms with Gasteiger partial charge < -0.3 is 10.2 Å². The summed E-state index contributed by atoms with van der Waals surface area (Å²) >= 11 is 0. The molecule has 0 amide bonds. The molecule has 1 aromatic carbocycles. The van der Waals surface area contributed by atoms with E-state index >= 15 is 0 Å². The fraction of sp³-hybridized carbons (Fsp3) is 0.350. The summed E-state index contributed by atoms with van der Waals surface area (Å²) in [5.41, 5.74) is 4.52. The molecule has 0 bridgehead atoms. The predicted octanol–water partition coefficient (Wildman–Crippen LogP) is 3.89. The van der Waals surface area contributed by atoms with Crippen LogP contribution in [-0.4, -0.2) is 27.7 Å². The number of fused-ring (bicyclic) bond motifs is 1. The summed E-state index contributed by atoms with van der Waals surface area (Å²) in [5, 5.41) is 16.9. The van der Waals surface area contributed by atoms with Gasteiger partial charge in [0.05, 0.1) is 23.1 Å². The number of aryl methyl sites for hydroxylation is 1. The van der Waals surface area contributed by atoms with Crippen LogP contribution in [0, 0.1) is 24.2 Å². The van der Waals surface area contributed by atoms with Gasteiger partial charge in [0, 0.05) is 13.1 Å². The van der Waals surface area contributed by atoms with Crippen molar-refractivity contribution in [3.8, 4) is 6.07 Å². The molecule has 2 aromatic heterocycles. The molecule has 6 nitrogen and oxygen atoms in total. The van der Waals surface area contributed by atoms with E-state index in [-0.39, 0.29) is 0 Å². The molecule has 1 fully saturated rings. The number of nitriles is 1. The van der Waals surface area contributed by atoms with Crippen LogP contribution >= 0.6 is 0 Å². The molecule has 26 heavy (non-hydrogen) atoms. The molecule has 3 heterocycles. The lowest BCUT2D eigenvalue weighted by Crippen LogP contribution is -2.34. The van der Waals surface area contributed by atoms with E-state index in [0.717, 1.165) is 18.7 Å². The van der Waals surface area contributed by atoms with Gasteiger partial charge in [0.1, 0.15) is 6.07 Å². The van der Waals surface area contributed by atoms with Crippen LogP contribution in [0.1, 0.15) is 30.9 Å². The van der Waals surface area contributed by atoms with Crippen molar-refractivity contribution in [2.45, 2.75) is 26.7 Å². The molecule has 1 unspecified atom stereocenters. The van der Waals surface area contributed by atoms with Gasteiger partial charge >= 0.3 is 0 Å². The molecule has 3 aromatic rings. The van der Waals surface area contributed by atoms with E-state index in [2.05, 4.69) is 52.5 Å². The Bertz CT molecular complexity index is 984. The molecular weight excluding hydrogens is 324 g/mol. The Kier molecular flexibility index (Phi) is 4.21. The van der Waals surface area contributed by atoms with Crippen molar-refractivity contribution < 1.29 is 0 Å². The highest BCUT2D eigenvalue weighted by Crippen LogP contribution is 2.27. The fourth-order valence-electron chi connectivity index (χ4n) is 3.62. The Morgan fingerprint density at radius 1 is 1.31 bits per heavy atom. The first kappa shape index (κ1) is 16.4. The first-order chi connectivity index (χ1) is 12.6. The van der Waals surface area contributed by atoms with Crippen LogP contribution in [0.25, 0.3) is 5.65 Å². The molecule has 1 aliphatic heterocycles. The summed E-state index contributed by atoms with van der Waals surface area (Å²) in [4.78, 5) is 7.01. The van der Waals surface area contributed by atoms with Gasteiger partial charge in [0.15, 0.2) is 5.65 Å². The van der Waals surface area contributed by atoms with Crippen LogP contribution in [0.3, 0.4) is 0 Å². The lowest BCUT2D eigenvalue weighted by Gasteiger charge is -2.33. The standard InChI is InChI=1S/C20H22N6/c1-14-6-5-9-25(12-14)18-13-26-19(10-15(18)2)23-20(24-26)22-17-8-4-3-7-16(17)11-21/h3-4,7-8,10,13-14H,5-6,9,12H2,1-2H3,(H,22,24). The monoisotopic (exact) mass is 346 g/mol. The van der Waals surface area contributed by atoms with E-state index in [0.29, 0.717) is 23.1 Å². The summed E-state index contributed by atoms with van der Waals surface area (Å²) < 4.78 is 1.82. The number of nitrogens with zero attached hydrogens (tertiary/aromatic N) is 5. The first-order valence-electron chi connectivity index (χ1n) is 9.02. The van der Waals surface area contributed by atoms with Gasteiger partial charge in [0.2, 0.25) is 5.95 Å².